The molecular weight excluding hydrogens is 170 g/mol. The van der Waals surface area contributed by atoms with Crippen molar-refractivity contribution in [2.45, 2.75) is 6.92 Å². The summed E-state index contributed by atoms with van der Waals surface area (Å²) in [5.41, 5.74) is 5.81. The number of hydrogen-bond acceptors (Lipinski definition) is 2. The van der Waals surface area contributed by atoms with Crippen LogP contribution in [0.25, 0.3) is 0 Å². The van der Waals surface area contributed by atoms with Crippen molar-refractivity contribution in [2.24, 2.45) is 5.73 Å². The Balaban J connectivity index is 3.35. The maximum atomic E-state index is 10.8. The third-order valence-corrected chi connectivity index (χ3v) is 1.67. The molecule has 1 rings (SSSR count). The van der Waals surface area contributed by atoms with Crippen LogP contribution in [0.5, 0.6) is 0 Å². The van der Waals surface area contributed by atoms with Crippen molar-refractivity contribution in [1.29, 1.82) is 0 Å². The normalized spacial score (nSPS) is 9.62. The zero-order valence-electron chi connectivity index (χ0n) is 7.07. The minimum absolute atomic E-state index is 0.0486. The summed E-state index contributed by atoms with van der Waals surface area (Å²) in [7, 11) is 0. The number of nitrogens with two attached hydrogens (primary N) is 1. The molecule has 68 valence electrons. The summed E-state index contributed by atoms with van der Waals surface area (Å²) in [4.78, 5) is 21.5. The van der Waals surface area contributed by atoms with Gasteiger partial charge in [0.15, 0.2) is 0 Å². The average Bonchev–Trinajstić information content (AvgIpc) is 2.03. The number of primary amides is 1. The average molecular weight is 179 g/mol. The van der Waals surface area contributed by atoms with Crippen molar-refractivity contribution in [3.05, 3.63) is 34.9 Å². The zero-order valence-corrected chi connectivity index (χ0v) is 7.07. The highest BCUT2D eigenvalue weighted by molar-refractivity contribution is 6.04. The Kier molecular flexibility index (Phi) is 2.32. The van der Waals surface area contributed by atoms with Crippen LogP contribution in [0.4, 0.5) is 0 Å². The summed E-state index contributed by atoms with van der Waals surface area (Å²) in [6, 6.07) is 4.46. The summed E-state index contributed by atoms with van der Waals surface area (Å²) in [5.74, 6) is -1.87. The van der Waals surface area contributed by atoms with E-state index in [1.54, 1.807) is 13.0 Å². The molecule has 13 heavy (non-hydrogen) atoms. The minimum atomic E-state index is -1.14. The molecule has 1 amide bonds. The maximum absolute atomic E-state index is 10.8. The van der Waals surface area contributed by atoms with Gasteiger partial charge in [0.2, 0.25) is 5.91 Å². The fourth-order valence-electron chi connectivity index (χ4n) is 1.05. The largest absolute Gasteiger partial charge is 0.478 e. The van der Waals surface area contributed by atoms with Crippen LogP contribution in [0.1, 0.15) is 26.3 Å². The highest BCUT2D eigenvalue weighted by atomic mass is 16.4. The molecule has 0 bridgehead atoms. The van der Waals surface area contributed by atoms with E-state index in [-0.39, 0.29) is 11.1 Å². The van der Waals surface area contributed by atoms with Gasteiger partial charge in [-0.2, -0.15) is 0 Å². The molecule has 0 aliphatic heterocycles. The summed E-state index contributed by atoms with van der Waals surface area (Å²) in [6.07, 6.45) is 0. The number of rotatable bonds is 2. The molecule has 0 atom stereocenters. The first-order valence-electron chi connectivity index (χ1n) is 3.66. The van der Waals surface area contributed by atoms with Gasteiger partial charge in [-0.05, 0) is 19.1 Å². The molecule has 0 spiro atoms. The first-order valence-corrected chi connectivity index (χ1v) is 3.66. The first kappa shape index (κ1) is 9.25. The molecule has 1 aromatic rings. The molecule has 0 heterocycles. The van der Waals surface area contributed by atoms with Gasteiger partial charge in [-0.3, -0.25) is 4.79 Å². The molecule has 3 N–H and O–H groups in total. The van der Waals surface area contributed by atoms with E-state index in [0.29, 0.717) is 0 Å². The van der Waals surface area contributed by atoms with E-state index < -0.39 is 11.9 Å². The Morgan fingerprint density at radius 1 is 1.31 bits per heavy atom. The lowest BCUT2D eigenvalue weighted by Crippen LogP contribution is -2.16. The minimum Gasteiger partial charge on any atom is -0.478 e. The monoisotopic (exact) mass is 179 g/mol. The predicted octanol–water partition coefficient (Wildman–Crippen LogP) is 0.792. The summed E-state index contributed by atoms with van der Waals surface area (Å²) >= 11 is 0. The number of benzene rings is 1. The Hall–Kier alpha value is -1.84. The van der Waals surface area contributed by atoms with E-state index in [4.69, 9.17) is 10.8 Å². The fraction of sp³-hybridized carbons (Fsp3) is 0.111. The van der Waals surface area contributed by atoms with Gasteiger partial charge in [0.1, 0.15) is 0 Å². The van der Waals surface area contributed by atoms with E-state index >= 15 is 0 Å². The van der Waals surface area contributed by atoms with Crippen LogP contribution in [0.15, 0.2) is 18.2 Å². The van der Waals surface area contributed by atoms with Gasteiger partial charge in [-0.15, -0.1) is 0 Å². The topological polar surface area (TPSA) is 80.4 Å². The number of hydrogen-bond donors (Lipinski definition) is 2. The lowest BCUT2D eigenvalue weighted by molar-refractivity contribution is 0.0692. The Labute approximate surface area is 75.0 Å². The molecule has 0 aromatic heterocycles. The molecule has 0 unspecified atom stereocenters. The van der Waals surface area contributed by atoms with Crippen molar-refractivity contribution in [3.63, 3.8) is 0 Å². The van der Waals surface area contributed by atoms with Crippen molar-refractivity contribution in [2.75, 3.05) is 0 Å². The van der Waals surface area contributed by atoms with E-state index in [0.717, 1.165) is 5.56 Å². The molecule has 0 aliphatic carbocycles. The smallest absolute Gasteiger partial charge is 0.336 e. The zero-order chi connectivity index (χ0) is 10.0. The van der Waals surface area contributed by atoms with Crippen LogP contribution in [0.3, 0.4) is 0 Å². The SMILES string of the molecule is Cc1ccc(C(=O)O)c(C(N)=O)c1. The summed E-state index contributed by atoms with van der Waals surface area (Å²) < 4.78 is 0. The highest BCUT2D eigenvalue weighted by Gasteiger charge is 2.13. The number of carboxylic acids is 1. The van der Waals surface area contributed by atoms with Gasteiger partial charge in [0, 0.05) is 0 Å². The molecule has 0 saturated heterocycles. The van der Waals surface area contributed by atoms with Crippen LogP contribution in [-0.4, -0.2) is 17.0 Å². The van der Waals surface area contributed by atoms with Gasteiger partial charge < -0.3 is 10.8 Å². The van der Waals surface area contributed by atoms with Crippen LogP contribution in [0, 0.1) is 6.92 Å². The fourth-order valence-corrected chi connectivity index (χ4v) is 1.05. The maximum Gasteiger partial charge on any atom is 0.336 e. The summed E-state index contributed by atoms with van der Waals surface area (Å²) in [6.45, 7) is 1.76. The molecule has 0 radical (unpaired) electrons. The molecular formula is C9H9NO3. The second-order valence-electron chi connectivity index (χ2n) is 2.72. The number of aryl methyl sites for hydroxylation is 1. The van der Waals surface area contributed by atoms with E-state index in [2.05, 4.69) is 0 Å². The summed E-state index contributed by atoms with van der Waals surface area (Å²) in [5, 5.41) is 8.70. The second kappa shape index (κ2) is 3.26. The van der Waals surface area contributed by atoms with Crippen LogP contribution in [-0.2, 0) is 0 Å². The number of carboxylic acid groups (broad SMARTS) is 1. The standard InChI is InChI=1S/C9H9NO3/c1-5-2-3-6(9(12)13)7(4-5)8(10)11/h2-4H,1H3,(H2,10,11)(H,12,13). The van der Waals surface area contributed by atoms with Crippen LogP contribution >= 0.6 is 0 Å². The van der Waals surface area contributed by atoms with Crippen molar-refractivity contribution >= 4 is 11.9 Å². The van der Waals surface area contributed by atoms with Gasteiger partial charge in [0.05, 0.1) is 11.1 Å². The lowest BCUT2D eigenvalue weighted by atomic mass is 10.0. The lowest BCUT2D eigenvalue weighted by Gasteiger charge is -2.02. The van der Waals surface area contributed by atoms with E-state index in [1.807, 2.05) is 0 Å². The number of aromatic carboxylic acids is 1. The van der Waals surface area contributed by atoms with Crippen LogP contribution in [0.2, 0.25) is 0 Å². The van der Waals surface area contributed by atoms with Crippen LogP contribution < -0.4 is 5.73 Å². The predicted molar refractivity (Wildman–Crippen MR) is 46.7 cm³/mol. The highest BCUT2D eigenvalue weighted by Crippen LogP contribution is 2.10. The van der Waals surface area contributed by atoms with Gasteiger partial charge in [-0.1, -0.05) is 11.6 Å². The molecule has 0 fully saturated rings. The third-order valence-electron chi connectivity index (χ3n) is 1.67. The molecule has 4 nitrogen and oxygen atoms in total. The van der Waals surface area contributed by atoms with Crippen molar-refractivity contribution < 1.29 is 14.7 Å². The number of carbonyl (C=O) groups is 2. The quantitative estimate of drug-likeness (QED) is 0.704. The van der Waals surface area contributed by atoms with E-state index in [1.165, 1.54) is 12.1 Å². The van der Waals surface area contributed by atoms with Gasteiger partial charge >= 0.3 is 5.97 Å². The van der Waals surface area contributed by atoms with Gasteiger partial charge in [-0.25, -0.2) is 4.79 Å². The van der Waals surface area contributed by atoms with Crippen molar-refractivity contribution in [1.82, 2.24) is 0 Å². The Bertz CT molecular complexity index is 371. The first-order chi connectivity index (χ1) is 6.02. The molecule has 1 aromatic carbocycles. The van der Waals surface area contributed by atoms with E-state index in [9.17, 15) is 9.59 Å². The number of carbonyl (C=O) groups excluding carboxylic acids is 1. The Morgan fingerprint density at radius 2 is 1.92 bits per heavy atom. The third kappa shape index (κ3) is 1.84. The molecule has 4 heteroatoms. The number of amides is 1. The van der Waals surface area contributed by atoms with Gasteiger partial charge in [0.25, 0.3) is 0 Å². The second-order valence-corrected chi connectivity index (χ2v) is 2.72. The molecule has 0 saturated carbocycles. The Morgan fingerprint density at radius 3 is 2.38 bits per heavy atom. The van der Waals surface area contributed by atoms with Crippen molar-refractivity contribution in [3.8, 4) is 0 Å². The molecule has 0 aliphatic rings.